The molecule has 2 amide bonds. The molecule has 7 heteroatoms. The number of hydrogen-bond acceptors (Lipinski definition) is 3. The summed E-state index contributed by atoms with van der Waals surface area (Å²) < 4.78 is 4.90. The van der Waals surface area contributed by atoms with Crippen LogP contribution < -0.4 is 11.1 Å². The highest BCUT2D eigenvalue weighted by atomic mass is 35.5. The summed E-state index contributed by atoms with van der Waals surface area (Å²) in [5.74, 6) is -0.351. The Balaban J connectivity index is 1.97. The molecule has 0 radical (unpaired) electrons. The molecule has 5 nitrogen and oxygen atoms in total. The Morgan fingerprint density at radius 3 is 2.33 bits per heavy atom. The molecule has 2 aromatic rings. The Morgan fingerprint density at radius 1 is 1.07 bits per heavy atom. The summed E-state index contributed by atoms with van der Waals surface area (Å²) in [7, 11) is 0. The molecule has 0 aliphatic heterocycles. The van der Waals surface area contributed by atoms with Gasteiger partial charge in [0.25, 0.3) is 5.91 Å². The fraction of sp³-hybridized carbons (Fsp3) is 0.300. The van der Waals surface area contributed by atoms with Crippen LogP contribution in [0.25, 0.3) is 11.1 Å². The Kier molecular flexibility index (Phi) is 7.95. The number of nitrogens with one attached hydrogen (secondary N) is 1. The fourth-order valence-electron chi connectivity index (χ4n) is 2.57. The van der Waals surface area contributed by atoms with Gasteiger partial charge in [0, 0.05) is 6.54 Å². The second-order valence-corrected chi connectivity index (χ2v) is 6.93. The van der Waals surface area contributed by atoms with E-state index in [1.165, 1.54) is 0 Å². The molecule has 27 heavy (non-hydrogen) atoms. The lowest BCUT2D eigenvalue weighted by molar-refractivity contribution is -0.129. The van der Waals surface area contributed by atoms with Crippen LogP contribution in [0.15, 0.2) is 42.5 Å². The molecule has 3 N–H and O–H groups in total. The first-order valence-corrected chi connectivity index (χ1v) is 9.44. The van der Waals surface area contributed by atoms with Crippen molar-refractivity contribution in [3.05, 3.63) is 58.1 Å². The third kappa shape index (κ3) is 6.45. The van der Waals surface area contributed by atoms with Crippen molar-refractivity contribution >= 4 is 35.2 Å². The average Bonchev–Trinajstić information content (AvgIpc) is 2.65. The van der Waals surface area contributed by atoms with E-state index in [9.17, 15) is 9.59 Å². The maximum absolute atomic E-state index is 12.2. The van der Waals surface area contributed by atoms with Crippen LogP contribution in [0.2, 0.25) is 10.0 Å². The predicted molar refractivity (Wildman–Crippen MR) is 108 cm³/mol. The molecule has 0 fully saturated rings. The van der Waals surface area contributed by atoms with Crippen molar-refractivity contribution in [3.8, 4) is 11.1 Å². The van der Waals surface area contributed by atoms with Gasteiger partial charge >= 0.3 is 6.09 Å². The summed E-state index contributed by atoms with van der Waals surface area (Å²) in [5, 5.41) is 3.79. The molecule has 0 unspecified atom stereocenters. The van der Waals surface area contributed by atoms with Crippen LogP contribution in [-0.4, -0.2) is 18.1 Å². The topological polar surface area (TPSA) is 81.4 Å². The predicted octanol–water partition coefficient (Wildman–Crippen LogP) is 4.93. The largest absolute Gasteiger partial charge is 0.436 e. The standard InChI is InChI=1S/C20H22Cl2N2O3/c1-2-3-4-18(27-20(23)26)19(25)24-12-13-5-7-14(8-6-13)15-9-10-16(21)17(22)11-15/h5-11,18H,2-4,12H2,1H3,(H2,23,26)(H,24,25)/t18-/m0/s1. The SMILES string of the molecule is CCCC[C@H](OC(N)=O)C(=O)NCc1ccc(-c2ccc(Cl)c(Cl)c2)cc1. The molecular formula is C20H22Cl2N2O3. The van der Waals surface area contributed by atoms with Crippen molar-refractivity contribution in [3.63, 3.8) is 0 Å². The number of benzene rings is 2. The van der Waals surface area contributed by atoms with Gasteiger partial charge in [0.1, 0.15) is 0 Å². The van der Waals surface area contributed by atoms with E-state index in [1.54, 1.807) is 12.1 Å². The Bertz CT molecular complexity index is 794. The number of primary amides is 1. The summed E-state index contributed by atoms with van der Waals surface area (Å²) >= 11 is 12.0. The molecule has 0 aliphatic carbocycles. The summed E-state index contributed by atoms with van der Waals surface area (Å²) in [6.45, 7) is 2.32. The smallest absolute Gasteiger partial charge is 0.405 e. The quantitative estimate of drug-likeness (QED) is 0.649. The van der Waals surface area contributed by atoms with Crippen molar-refractivity contribution in [2.24, 2.45) is 5.73 Å². The number of unbranched alkanes of at least 4 members (excludes halogenated alkanes) is 1. The molecule has 0 aromatic heterocycles. The molecule has 0 heterocycles. The molecule has 0 aliphatic rings. The summed E-state index contributed by atoms with van der Waals surface area (Å²) in [6.07, 6.45) is 0.294. The van der Waals surface area contributed by atoms with Crippen molar-refractivity contribution < 1.29 is 14.3 Å². The molecular weight excluding hydrogens is 387 g/mol. The lowest BCUT2D eigenvalue weighted by Gasteiger charge is -2.16. The van der Waals surface area contributed by atoms with Crippen LogP contribution in [0.1, 0.15) is 31.7 Å². The van der Waals surface area contributed by atoms with Crippen LogP contribution >= 0.6 is 23.2 Å². The monoisotopic (exact) mass is 408 g/mol. The molecule has 1 atom stereocenters. The summed E-state index contributed by atoms with van der Waals surface area (Å²) in [4.78, 5) is 23.2. The average molecular weight is 409 g/mol. The molecule has 0 saturated heterocycles. The van der Waals surface area contributed by atoms with Crippen molar-refractivity contribution in [1.29, 1.82) is 0 Å². The molecule has 0 bridgehead atoms. The van der Waals surface area contributed by atoms with Crippen LogP contribution in [0.4, 0.5) is 4.79 Å². The lowest BCUT2D eigenvalue weighted by Crippen LogP contribution is -2.38. The first kappa shape index (κ1) is 21.1. The van der Waals surface area contributed by atoms with E-state index in [0.29, 0.717) is 23.0 Å². The lowest BCUT2D eigenvalue weighted by atomic mass is 10.0. The Hall–Kier alpha value is -2.24. The maximum Gasteiger partial charge on any atom is 0.405 e. The zero-order valence-electron chi connectivity index (χ0n) is 15.0. The normalized spacial score (nSPS) is 11.7. The molecule has 2 aromatic carbocycles. The van der Waals surface area contributed by atoms with Crippen molar-refractivity contribution in [2.75, 3.05) is 0 Å². The molecule has 2 rings (SSSR count). The second-order valence-electron chi connectivity index (χ2n) is 6.11. The first-order valence-electron chi connectivity index (χ1n) is 8.69. The zero-order chi connectivity index (χ0) is 19.8. The highest BCUT2D eigenvalue weighted by Crippen LogP contribution is 2.28. The van der Waals surface area contributed by atoms with Crippen LogP contribution in [0.5, 0.6) is 0 Å². The number of amides is 2. The Labute approximate surface area is 168 Å². The Morgan fingerprint density at radius 2 is 1.74 bits per heavy atom. The number of ether oxygens (including phenoxy) is 1. The minimum atomic E-state index is -0.947. The van der Waals surface area contributed by atoms with Gasteiger partial charge < -0.3 is 15.8 Å². The number of rotatable bonds is 8. The molecule has 144 valence electrons. The van der Waals surface area contributed by atoms with E-state index in [4.69, 9.17) is 33.7 Å². The number of hydrogen-bond donors (Lipinski definition) is 2. The fourth-order valence-corrected chi connectivity index (χ4v) is 2.87. The van der Waals surface area contributed by atoms with Crippen LogP contribution in [0, 0.1) is 0 Å². The highest BCUT2D eigenvalue weighted by Gasteiger charge is 2.21. The van der Waals surface area contributed by atoms with E-state index in [1.807, 2.05) is 37.3 Å². The maximum atomic E-state index is 12.2. The van der Waals surface area contributed by atoms with E-state index in [-0.39, 0.29) is 5.91 Å². The van der Waals surface area contributed by atoms with E-state index >= 15 is 0 Å². The summed E-state index contributed by atoms with van der Waals surface area (Å²) in [5.41, 5.74) is 7.90. The third-order valence-electron chi connectivity index (χ3n) is 4.04. The van der Waals surface area contributed by atoms with Gasteiger partial charge in [-0.2, -0.15) is 0 Å². The minimum Gasteiger partial charge on any atom is -0.436 e. The number of nitrogens with two attached hydrogens (primary N) is 1. The number of carbonyl (C=O) groups excluding carboxylic acids is 2. The third-order valence-corrected chi connectivity index (χ3v) is 4.78. The molecule has 0 spiro atoms. The van der Waals surface area contributed by atoms with Gasteiger partial charge in [0.15, 0.2) is 6.10 Å². The van der Waals surface area contributed by atoms with Crippen LogP contribution in [0.3, 0.4) is 0 Å². The number of halogens is 2. The minimum absolute atomic E-state index is 0.325. The highest BCUT2D eigenvalue weighted by molar-refractivity contribution is 6.42. The van der Waals surface area contributed by atoms with Gasteiger partial charge in [-0.05, 0) is 41.7 Å². The van der Waals surface area contributed by atoms with Gasteiger partial charge in [-0.15, -0.1) is 0 Å². The van der Waals surface area contributed by atoms with Gasteiger partial charge in [0.05, 0.1) is 10.0 Å². The van der Waals surface area contributed by atoms with Crippen LogP contribution in [-0.2, 0) is 16.1 Å². The van der Waals surface area contributed by atoms with Crippen molar-refractivity contribution in [2.45, 2.75) is 38.8 Å². The first-order chi connectivity index (χ1) is 12.9. The second kappa shape index (κ2) is 10.2. The van der Waals surface area contributed by atoms with Crippen molar-refractivity contribution in [1.82, 2.24) is 5.32 Å². The van der Waals surface area contributed by atoms with E-state index < -0.39 is 12.2 Å². The number of carbonyl (C=O) groups is 2. The van der Waals surface area contributed by atoms with E-state index in [2.05, 4.69) is 5.32 Å². The van der Waals surface area contributed by atoms with E-state index in [0.717, 1.165) is 29.5 Å². The zero-order valence-corrected chi connectivity index (χ0v) is 16.5. The summed E-state index contributed by atoms with van der Waals surface area (Å²) in [6, 6.07) is 13.2. The molecule has 0 saturated carbocycles. The van der Waals surface area contributed by atoms with Gasteiger partial charge in [-0.1, -0.05) is 66.9 Å². The van der Waals surface area contributed by atoms with Gasteiger partial charge in [-0.25, -0.2) is 4.79 Å². The van der Waals surface area contributed by atoms with Gasteiger partial charge in [0.2, 0.25) is 0 Å². The van der Waals surface area contributed by atoms with Gasteiger partial charge in [-0.3, -0.25) is 4.79 Å².